The molecule has 1 saturated carbocycles. The third-order valence-electron chi connectivity index (χ3n) is 4.84. The van der Waals surface area contributed by atoms with Crippen molar-refractivity contribution in [2.45, 2.75) is 62.6 Å². The van der Waals surface area contributed by atoms with Gasteiger partial charge in [-0.25, -0.2) is 9.78 Å². The minimum Gasteiger partial charge on any atom is -0.481 e. The van der Waals surface area contributed by atoms with Gasteiger partial charge in [0.15, 0.2) is 5.13 Å². The Labute approximate surface area is 175 Å². The first kappa shape index (κ1) is 23.0. The number of thiazole rings is 1. The monoisotopic (exact) mass is 429 g/mol. The van der Waals surface area contributed by atoms with Gasteiger partial charge in [0.05, 0.1) is 16.8 Å². The molecule has 2 N–H and O–H groups in total. The molecule has 7 nitrogen and oxygen atoms in total. The summed E-state index contributed by atoms with van der Waals surface area (Å²) in [4.78, 5) is 29.8. The summed E-state index contributed by atoms with van der Waals surface area (Å²) < 4.78 is 6.34. The van der Waals surface area contributed by atoms with Crippen molar-refractivity contribution in [2.24, 2.45) is 5.92 Å². The number of carbonyl (C=O) groups excluding carboxylic acids is 1. The van der Waals surface area contributed by atoms with E-state index in [1.807, 2.05) is 11.8 Å². The van der Waals surface area contributed by atoms with Gasteiger partial charge in [0.2, 0.25) is 0 Å². The molecule has 0 atom stereocenters. The first-order chi connectivity index (χ1) is 13.5. The van der Waals surface area contributed by atoms with Crippen molar-refractivity contribution in [3.05, 3.63) is 6.20 Å². The summed E-state index contributed by atoms with van der Waals surface area (Å²) in [6.45, 7) is 6.27. The van der Waals surface area contributed by atoms with Crippen LogP contribution in [-0.2, 0) is 9.53 Å². The van der Waals surface area contributed by atoms with Gasteiger partial charge in [-0.2, -0.15) is 0 Å². The van der Waals surface area contributed by atoms with Gasteiger partial charge in [-0.05, 0) is 44.9 Å². The maximum absolute atomic E-state index is 12.9. The van der Waals surface area contributed by atoms with Crippen LogP contribution in [0.15, 0.2) is 10.4 Å². The molecule has 0 saturated heterocycles. The topological polar surface area (TPSA) is 91.8 Å². The Morgan fingerprint density at radius 2 is 2.14 bits per heavy atom. The van der Waals surface area contributed by atoms with Crippen LogP contribution in [0.5, 0.6) is 0 Å². The molecule has 2 amide bonds. The summed E-state index contributed by atoms with van der Waals surface area (Å²) in [6.07, 6.45) is 7.01. The zero-order valence-electron chi connectivity index (χ0n) is 16.7. The van der Waals surface area contributed by atoms with Crippen molar-refractivity contribution in [3.8, 4) is 0 Å². The van der Waals surface area contributed by atoms with E-state index in [1.165, 1.54) is 23.1 Å². The minimum absolute atomic E-state index is 0.104. The molecule has 1 aromatic rings. The van der Waals surface area contributed by atoms with E-state index in [4.69, 9.17) is 9.84 Å². The summed E-state index contributed by atoms with van der Waals surface area (Å²) in [5, 5.41) is 12.2. The molecule has 1 aliphatic rings. The Kier molecular flexibility index (Phi) is 10.1. The number of rotatable bonds is 11. The second-order valence-corrected chi connectivity index (χ2v) is 9.49. The maximum atomic E-state index is 12.9. The van der Waals surface area contributed by atoms with Gasteiger partial charge >= 0.3 is 12.0 Å². The molecule has 0 unspecified atom stereocenters. The molecule has 1 aromatic heterocycles. The van der Waals surface area contributed by atoms with Crippen LogP contribution >= 0.6 is 23.1 Å². The predicted octanol–water partition coefficient (Wildman–Crippen LogP) is 4.55. The Bertz CT molecular complexity index is 618. The number of nitrogens with one attached hydrogen (secondary N) is 1. The standard InChI is InChI=1S/C19H31N3O4S2/c1-3-26-11-4-10-22(15-7-5-14(2)6-8-15)19(25)21-18-20-13-17(28-18)27-12-9-16(23)24/h13-15H,3-12H2,1-2H3,(H,23,24)(H,20,21,25)/t14-,15-. The van der Waals surface area contributed by atoms with Crippen LogP contribution in [0.2, 0.25) is 0 Å². The van der Waals surface area contributed by atoms with E-state index >= 15 is 0 Å². The molecule has 2 rings (SSSR count). The van der Waals surface area contributed by atoms with Gasteiger partial charge < -0.3 is 14.7 Å². The molecular weight excluding hydrogens is 398 g/mol. The molecule has 0 bridgehead atoms. The lowest BCUT2D eigenvalue weighted by atomic mass is 9.86. The van der Waals surface area contributed by atoms with Crippen LogP contribution < -0.4 is 5.32 Å². The fourth-order valence-electron chi connectivity index (χ4n) is 3.27. The molecule has 0 aliphatic heterocycles. The Hall–Kier alpha value is -1.32. The molecular formula is C19H31N3O4S2. The van der Waals surface area contributed by atoms with E-state index < -0.39 is 5.97 Å². The van der Waals surface area contributed by atoms with Crippen molar-refractivity contribution in [1.82, 2.24) is 9.88 Å². The number of urea groups is 1. The number of nitrogens with zero attached hydrogens (tertiary/aromatic N) is 2. The number of aliphatic carboxylic acids is 1. The van der Waals surface area contributed by atoms with E-state index in [0.717, 1.165) is 42.2 Å². The molecule has 0 radical (unpaired) electrons. The normalized spacial score (nSPS) is 19.4. The molecule has 0 spiro atoms. The van der Waals surface area contributed by atoms with Crippen LogP contribution in [0.4, 0.5) is 9.93 Å². The molecule has 158 valence electrons. The summed E-state index contributed by atoms with van der Waals surface area (Å²) in [5.74, 6) is 0.415. The summed E-state index contributed by atoms with van der Waals surface area (Å²) in [7, 11) is 0. The van der Waals surface area contributed by atoms with Gasteiger partial charge in [-0.3, -0.25) is 10.1 Å². The van der Waals surface area contributed by atoms with Crippen LogP contribution in [0.3, 0.4) is 0 Å². The van der Waals surface area contributed by atoms with Gasteiger partial charge in [-0.15, -0.1) is 11.8 Å². The number of thioether (sulfide) groups is 1. The summed E-state index contributed by atoms with van der Waals surface area (Å²) in [5.41, 5.74) is 0. The average Bonchev–Trinajstić information content (AvgIpc) is 3.09. The summed E-state index contributed by atoms with van der Waals surface area (Å²) >= 11 is 2.83. The maximum Gasteiger partial charge on any atom is 0.323 e. The Morgan fingerprint density at radius 3 is 2.82 bits per heavy atom. The lowest BCUT2D eigenvalue weighted by Crippen LogP contribution is -2.45. The number of aromatic nitrogens is 1. The number of amides is 2. The second kappa shape index (κ2) is 12.3. The molecule has 9 heteroatoms. The van der Waals surface area contributed by atoms with E-state index in [0.29, 0.717) is 30.6 Å². The number of ether oxygens (including phenoxy) is 1. The Morgan fingerprint density at radius 1 is 1.39 bits per heavy atom. The van der Waals surface area contributed by atoms with Gasteiger partial charge in [0.25, 0.3) is 0 Å². The lowest BCUT2D eigenvalue weighted by molar-refractivity contribution is -0.136. The SMILES string of the molecule is CCOCCCN(C(=O)Nc1ncc(SCCC(=O)O)s1)[C@H]1CC[C@H](C)CC1. The number of carbonyl (C=O) groups is 2. The number of hydrogen-bond donors (Lipinski definition) is 2. The Balaban J connectivity index is 1.91. The fraction of sp³-hybridized carbons (Fsp3) is 0.737. The van der Waals surface area contributed by atoms with E-state index in [1.54, 1.807) is 6.20 Å². The zero-order chi connectivity index (χ0) is 20.4. The number of carboxylic acid groups (broad SMARTS) is 1. The molecule has 1 aliphatic carbocycles. The number of anilines is 1. The fourth-order valence-corrected chi connectivity index (χ4v) is 5.14. The molecule has 1 heterocycles. The van der Waals surface area contributed by atoms with Crippen LogP contribution in [0.25, 0.3) is 0 Å². The van der Waals surface area contributed by atoms with Gasteiger partial charge in [-0.1, -0.05) is 18.3 Å². The van der Waals surface area contributed by atoms with E-state index in [-0.39, 0.29) is 18.5 Å². The van der Waals surface area contributed by atoms with Crippen LogP contribution in [-0.4, -0.2) is 58.5 Å². The van der Waals surface area contributed by atoms with Crippen LogP contribution in [0.1, 0.15) is 52.4 Å². The van der Waals surface area contributed by atoms with E-state index in [2.05, 4.69) is 17.2 Å². The predicted molar refractivity (Wildman–Crippen MR) is 113 cm³/mol. The van der Waals surface area contributed by atoms with Gasteiger partial charge in [0, 0.05) is 31.6 Å². The highest BCUT2D eigenvalue weighted by atomic mass is 32.2. The highest BCUT2D eigenvalue weighted by Gasteiger charge is 2.27. The van der Waals surface area contributed by atoms with Crippen molar-refractivity contribution in [3.63, 3.8) is 0 Å². The number of carboxylic acids is 1. The van der Waals surface area contributed by atoms with Gasteiger partial charge in [0.1, 0.15) is 0 Å². The lowest BCUT2D eigenvalue weighted by Gasteiger charge is -2.36. The molecule has 0 aromatic carbocycles. The van der Waals surface area contributed by atoms with Crippen molar-refractivity contribution in [1.29, 1.82) is 0 Å². The third kappa shape index (κ3) is 7.97. The summed E-state index contributed by atoms with van der Waals surface area (Å²) in [6, 6.07) is 0.162. The molecule has 1 fully saturated rings. The van der Waals surface area contributed by atoms with Crippen molar-refractivity contribution < 1.29 is 19.4 Å². The zero-order valence-corrected chi connectivity index (χ0v) is 18.3. The first-order valence-electron chi connectivity index (χ1n) is 9.95. The smallest absolute Gasteiger partial charge is 0.323 e. The highest BCUT2D eigenvalue weighted by molar-refractivity contribution is 8.01. The van der Waals surface area contributed by atoms with Crippen LogP contribution in [0, 0.1) is 5.92 Å². The average molecular weight is 430 g/mol. The minimum atomic E-state index is -0.810. The third-order valence-corrected chi connectivity index (χ3v) is 6.95. The second-order valence-electron chi connectivity index (χ2n) is 7.06. The largest absolute Gasteiger partial charge is 0.481 e. The highest BCUT2D eigenvalue weighted by Crippen LogP contribution is 2.30. The van der Waals surface area contributed by atoms with E-state index in [9.17, 15) is 9.59 Å². The number of hydrogen-bond acceptors (Lipinski definition) is 6. The quantitative estimate of drug-likeness (QED) is 0.396. The van der Waals surface area contributed by atoms with Crippen molar-refractivity contribution >= 4 is 40.2 Å². The van der Waals surface area contributed by atoms with Crippen molar-refractivity contribution in [2.75, 3.05) is 30.8 Å². The first-order valence-corrected chi connectivity index (χ1v) is 11.8. The molecule has 28 heavy (non-hydrogen) atoms.